The van der Waals surface area contributed by atoms with Gasteiger partial charge in [0.05, 0.1) is 19.1 Å². The third kappa shape index (κ3) is 6.84. The minimum absolute atomic E-state index is 0.0254. The first-order valence-electron chi connectivity index (χ1n) is 10.9. The highest BCUT2D eigenvalue weighted by molar-refractivity contribution is 6.35. The van der Waals surface area contributed by atoms with Crippen molar-refractivity contribution in [2.24, 2.45) is 0 Å². The van der Waals surface area contributed by atoms with Crippen molar-refractivity contribution in [2.45, 2.75) is 38.6 Å². The molecule has 2 heterocycles. The summed E-state index contributed by atoms with van der Waals surface area (Å²) in [7, 11) is 0. The standard InChI is InChI=1S/C22H32Cl2N4O2/c1-17(19-7-6-18(23)14-20(19)24)25-21(29)15-26-10-12-27(13-11-26)16-22(30)28-8-4-2-3-5-9-28/h6-7,14,17H,2-5,8-13,15-16H2,1H3,(H,25,29). The number of piperazine rings is 1. The highest BCUT2D eigenvalue weighted by Crippen LogP contribution is 2.26. The van der Waals surface area contributed by atoms with Crippen LogP contribution in [0.1, 0.15) is 44.2 Å². The van der Waals surface area contributed by atoms with Crippen LogP contribution in [0.2, 0.25) is 10.0 Å². The third-order valence-electron chi connectivity index (χ3n) is 5.96. The second kappa shape index (κ2) is 11.3. The van der Waals surface area contributed by atoms with Crippen LogP contribution < -0.4 is 5.32 Å². The first-order valence-corrected chi connectivity index (χ1v) is 11.6. The molecule has 30 heavy (non-hydrogen) atoms. The number of nitrogens with one attached hydrogen (secondary N) is 1. The molecule has 2 fully saturated rings. The van der Waals surface area contributed by atoms with Crippen molar-refractivity contribution in [3.05, 3.63) is 33.8 Å². The average Bonchev–Trinajstić information content (AvgIpc) is 2.99. The van der Waals surface area contributed by atoms with E-state index in [2.05, 4.69) is 15.1 Å². The zero-order chi connectivity index (χ0) is 21.5. The van der Waals surface area contributed by atoms with E-state index < -0.39 is 0 Å². The fourth-order valence-corrected chi connectivity index (χ4v) is 4.71. The summed E-state index contributed by atoms with van der Waals surface area (Å²) in [6.07, 6.45) is 4.70. The molecular formula is C22H32Cl2N4O2. The van der Waals surface area contributed by atoms with Crippen LogP contribution in [0.15, 0.2) is 18.2 Å². The van der Waals surface area contributed by atoms with Gasteiger partial charge >= 0.3 is 0 Å². The number of carbonyl (C=O) groups excluding carboxylic acids is 2. The number of halogens is 2. The molecule has 0 bridgehead atoms. The summed E-state index contributed by atoms with van der Waals surface area (Å²) in [5.41, 5.74) is 0.853. The lowest BCUT2D eigenvalue weighted by atomic mass is 10.1. The van der Waals surface area contributed by atoms with Gasteiger partial charge in [0.15, 0.2) is 0 Å². The molecule has 3 rings (SSSR count). The number of rotatable bonds is 6. The third-order valence-corrected chi connectivity index (χ3v) is 6.52. The Hall–Kier alpha value is -1.34. The molecule has 2 aliphatic rings. The molecule has 0 spiro atoms. The minimum Gasteiger partial charge on any atom is -0.348 e. The van der Waals surface area contributed by atoms with Crippen LogP contribution in [0.25, 0.3) is 0 Å². The van der Waals surface area contributed by atoms with Crippen LogP contribution >= 0.6 is 23.2 Å². The molecule has 0 aliphatic carbocycles. The molecule has 0 radical (unpaired) electrons. The van der Waals surface area contributed by atoms with Crippen molar-refractivity contribution in [1.82, 2.24) is 20.0 Å². The van der Waals surface area contributed by atoms with Gasteiger partial charge < -0.3 is 10.2 Å². The van der Waals surface area contributed by atoms with Crippen LogP contribution in [0.4, 0.5) is 0 Å². The Morgan fingerprint density at radius 3 is 2.13 bits per heavy atom. The fourth-order valence-electron chi connectivity index (χ4n) is 4.14. The van der Waals surface area contributed by atoms with E-state index in [0.717, 1.165) is 57.7 Å². The van der Waals surface area contributed by atoms with Crippen LogP contribution in [0, 0.1) is 0 Å². The maximum atomic E-state index is 12.6. The number of nitrogens with zero attached hydrogens (tertiary/aromatic N) is 3. The van der Waals surface area contributed by atoms with Gasteiger partial charge in [-0.05, 0) is 37.5 Å². The van der Waals surface area contributed by atoms with E-state index in [1.165, 1.54) is 12.8 Å². The number of benzene rings is 1. The molecular weight excluding hydrogens is 423 g/mol. The number of hydrogen-bond donors (Lipinski definition) is 1. The van der Waals surface area contributed by atoms with Crippen molar-refractivity contribution in [1.29, 1.82) is 0 Å². The molecule has 6 nitrogen and oxygen atoms in total. The maximum Gasteiger partial charge on any atom is 0.236 e. The lowest BCUT2D eigenvalue weighted by molar-refractivity contribution is -0.133. The lowest BCUT2D eigenvalue weighted by Crippen LogP contribution is -2.52. The Labute approximate surface area is 189 Å². The monoisotopic (exact) mass is 454 g/mol. The predicted molar refractivity (Wildman–Crippen MR) is 121 cm³/mol. The van der Waals surface area contributed by atoms with Gasteiger partial charge in [-0.25, -0.2) is 0 Å². The topological polar surface area (TPSA) is 55.9 Å². The normalized spacial score (nSPS) is 19.9. The van der Waals surface area contributed by atoms with E-state index in [0.29, 0.717) is 23.1 Å². The Balaban J connectivity index is 1.39. The summed E-state index contributed by atoms with van der Waals surface area (Å²) in [6.45, 7) is 7.75. The molecule has 0 aromatic heterocycles. The van der Waals surface area contributed by atoms with Crippen molar-refractivity contribution < 1.29 is 9.59 Å². The predicted octanol–water partition coefficient (Wildman–Crippen LogP) is 3.19. The molecule has 0 saturated carbocycles. The van der Waals surface area contributed by atoms with Crippen LogP contribution in [-0.4, -0.2) is 78.9 Å². The Morgan fingerprint density at radius 2 is 1.53 bits per heavy atom. The van der Waals surface area contributed by atoms with Crippen molar-refractivity contribution >= 4 is 35.0 Å². The fraction of sp³-hybridized carbons (Fsp3) is 0.636. The molecule has 2 aliphatic heterocycles. The molecule has 1 N–H and O–H groups in total. The summed E-state index contributed by atoms with van der Waals surface area (Å²) in [5, 5.41) is 4.15. The second-order valence-corrected chi connectivity index (χ2v) is 9.15. The minimum atomic E-state index is -0.185. The number of likely N-dealkylation sites (tertiary alicyclic amines) is 1. The Kier molecular flexibility index (Phi) is 8.81. The van der Waals surface area contributed by atoms with Gasteiger partial charge in [-0.2, -0.15) is 0 Å². The van der Waals surface area contributed by atoms with Gasteiger partial charge in [0.25, 0.3) is 0 Å². The molecule has 1 atom stereocenters. The largest absolute Gasteiger partial charge is 0.348 e. The molecule has 2 saturated heterocycles. The van der Waals surface area contributed by atoms with Crippen LogP contribution in [0.5, 0.6) is 0 Å². The SMILES string of the molecule is CC(NC(=O)CN1CCN(CC(=O)N2CCCCCC2)CC1)c1ccc(Cl)cc1Cl. The summed E-state index contributed by atoms with van der Waals surface area (Å²) in [5.74, 6) is 0.222. The van der Waals surface area contributed by atoms with Crippen molar-refractivity contribution in [3.63, 3.8) is 0 Å². The van der Waals surface area contributed by atoms with Gasteiger partial charge in [0, 0.05) is 49.3 Å². The van der Waals surface area contributed by atoms with E-state index in [4.69, 9.17) is 23.2 Å². The van der Waals surface area contributed by atoms with Gasteiger partial charge in [-0.15, -0.1) is 0 Å². The smallest absolute Gasteiger partial charge is 0.236 e. The molecule has 1 unspecified atom stereocenters. The van der Waals surface area contributed by atoms with E-state index in [-0.39, 0.29) is 17.9 Å². The van der Waals surface area contributed by atoms with Gasteiger partial charge in [0.1, 0.15) is 0 Å². The maximum absolute atomic E-state index is 12.6. The second-order valence-electron chi connectivity index (χ2n) is 8.30. The van der Waals surface area contributed by atoms with Crippen molar-refractivity contribution in [2.75, 3.05) is 52.4 Å². The first-order chi connectivity index (χ1) is 14.4. The molecule has 1 aromatic rings. The number of amides is 2. The lowest BCUT2D eigenvalue weighted by Gasteiger charge is -2.35. The summed E-state index contributed by atoms with van der Waals surface area (Å²) in [4.78, 5) is 31.4. The Bertz CT molecular complexity index is 730. The molecule has 1 aromatic carbocycles. The number of hydrogen-bond acceptors (Lipinski definition) is 4. The van der Waals surface area contributed by atoms with E-state index in [1.807, 2.05) is 17.9 Å². The Morgan fingerprint density at radius 1 is 0.933 bits per heavy atom. The molecule has 166 valence electrons. The van der Waals surface area contributed by atoms with E-state index in [9.17, 15) is 9.59 Å². The summed E-state index contributed by atoms with van der Waals surface area (Å²) >= 11 is 12.2. The van der Waals surface area contributed by atoms with E-state index in [1.54, 1.807) is 12.1 Å². The highest BCUT2D eigenvalue weighted by Gasteiger charge is 2.24. The van der Waals surface area contributed by atoms with Gasteiger partial charge in [-0.3, -0.25) is 19.4 Å². The molecule has 8 heteroatoms. The average molecular weight is 455 g/mol. The quantitative estimate of drug-likeness (QED) is 0.716. The van der Waals surface area contributed by atoms with Crippen LogP contribution in [0.3, 0.4) is 0 Å². The first kappa shape index (κ1) is 23.3. The van der Waals surface area contributed by atoms with E-state index >= 15 is 0 Å². The summed E-state index contributed by atoms with van der Waals surface area (Å²) < 4.78 is 0. The zero-order valence-electron chi connectivity index (χ0n) is 17.7. The van der Waals surface area contributed by atoms with Crippen LogP contribution in [-0.2, 0) is 9.59 Å². The zero-order valence-corrected chi connectivity index (χ0v) is 19.2. The number of carbonyl (C=O) groups is 2. The molecule has 2 amide bonds. The van der Waals surface area contributed by atoms with Crippen molar-refractivity contribution in [3.8, 4) is 0 Å². The van der Waals surface area contributed by atoms with Gasteiger partial charge in [0.2, 0.25) is 11.8 Å². The summed E-state index contributed by atoms with van der Waals surface area (Å²) in [6, 6.07) is 5.12. The highest BCUT2D eigenvalue weighted by atomic mass is 35.5. The van der Waals surface area contributed by atoms with Gasteiger partial charge in [-0.1, -0.05) is 42.1 Å².